The maximum Gasteiger partial charge on any atom is 0.0644 e. The summed E-state index contributed by atoms with van der Waals surface area (Å²) in [5.74, 6) is 8.12. The molecule has 2 aromatic rings. The molecule has 4 nitrogen and oxygen atoms in total. The zero-order valence-electron chi connectivity index (χ0n) is 10.9. The second-order valence-corrected chi connectivity index (χ2v) is 7.08. The predicted octanol–water partition coefficient (Wildman–Crippen LogP) is 2.02. The highest BCUT2D eigenvalue weighted by molar-refractivity contribution is 7.98. The van der Waals surface area contributed by atoms with Gasteiger partial charge in [-0.2, -0.15) is 16.9 Å². The number of aromatic nitrogens is 2. The van der Waals surface area contributed by atoms with Crippen LogP contribution in [0.15, 0.2) is 18.3 Å². The molecule has 102 valence electrons. The van der Waals surface area contributed by atoms with Gasteiger partial charge in [0.2, 0.25) is 0 Å². The highest BCUT2D eigenvalue weighted by atomic mass is 32.2. The van der Waals surface area contributed by atoms with Gasteiger partial charge in [-0.25, -0.2) is 0 Å². The summed E-state index contributed by atoms with van der Waals surface area (Å²) in [6, 6.07) is 4.53. The van der Waals surface area contributed by atoms with Crippen molar-refractivity contribution in [2.45, 2.75) is 24.6 Å². The van der Waals surface area contributed by atoms with Crippen LogP contribution in [-0.4, -0.2) is 15.5 Å². The third kappa shape index (κ3) is 2.86. The number of thiophene rings is 1. The quantitative estimate of drug-likeness (QED) is 0.669. The number of hydrogen-bond donors (Lipinski definition) is 2. The average Bonchev–Trinajstić information content (AvgIpc) is 3.01. The topological polar surface area (TPSA) is 55.9 Å². The smallest absolute Gasteiger partial charge is 0.0644 e. The van der Waals surface area contributed by atoms with Crippen LogP contribution in [0.1, 0.15) is 27.1 Å². The van der Waals surface area contributed by atoms with Crippen molar-refractivity contribution in [1.82, 2.24) is 15.2 Å². The lowest BCUT2D eigenvalue weighted by Gasteiger charge is -2.12. The lowest BCUT2D eigenvalue weighted by molar-refractivity contribution is 0.549. The molecular formula is C13H18N4S2. The minimum atomic E-state index is 0.162. The van der Waals surface area contributed by atoms with E-state index >= 15 is 0 Å². The zero-order valence-corrected chi connectivity index (χ0v) is 12.6. The monoisotopic (exact) mass is 294 g/mol. The van der Waals surface area contributed by atoms with E-state index in [2.05, 4.69) is 16.6 Å². The third-order valence-corrected chi connectivity index (χ3v) is 5.73. The summed E-state index contributed by atoms with van der Waals surface area (Å²) in [5, 5.41) is 4.43. The fourth-order valence-corrected chi connectivity index (χ4v) is 4.80. The van der Waals surface area contributed by atoms with Crippen molar-refractivity contribution < 1.29 is 0 Å². The summed E-state index contributed by atoms with van der Waals surface area (Å²) < 4.78 is 1.83. The minimum absolute atomic E-state index is 0.162. The average molecular weight is 294 g/mol. The molecule has 0 saturated heterocycles. The molecule has 0 aromatic carbocycles. The summed E-state index contributed by atoms with van der Waals surface area (Å²) in [6.07, 6.45) is 4.01. The summed E-state index contributed by atoms with van der Waals surface area (Å²) >= 11 is 3.92. The van der Waals surface area contributed by atoms with Gasteiger partial charge in [-0.05, 0) is 29.9 Å². The molecule has 0 saturated carbocycles. The zero-order chi connectivity index (χ0) is 13.2. The fourth-order valence-electron chi connectivity index (χ4n) is 2.36. The van der Waals surface area contributed by atoms with Crippen LogP contribution in [0.5, 0.6) is 0 Å². The van der Waals surface area contributed by atoms with Gasteiger partial charge in [-0.1, -0.05) is 0 Å². The molecule has 6 heteroatoms. The molecule has 1 aliphatic rings. The number of fused-ring (bicyclic) bond motifs is 1. The second-order valence-electron chi connectivity index (χ2n) is 4.80. The normalized spacial score (nSPS) is 16.3. The maximum absolute atomic E-state index is 5.73. The van der Waals surface area contributed by atoms with Crippen LogP contribution in [0.4, 0.5) is 0 Å². The molecule has 19 heavy (non-hydrogen) atoms. The third-order valence-electron chi connectivity index (χ3n) is 3.37. The van der Waals surface area contributed by atoms with E-state index in [1.165, 1.54) is 27.5 Å². The van der Waals surface area contributed by atoms with E-state index in [-0.39, 0.29) is 6.04 Å². The lowest BCUT2D eigenvalue weighted by Crippen LogP contribution is -2.29. The summed E-state index contributed by atoms with van der Waals surface area (Å²) in [6.45, 7) is 0. The molecule has 2 aromatic heterocycles. The first-order chi connectivity index (χ1) is 9.26. The molecule has 0 spiro atoms. The molecule has 3 heterocycles. The highest BCUT2D eigenvalue weighted by Gasteiger charge is 2.19. The van der Waals surface area contributed by atoms with E-state index in [4.69, 9.17) is 5.84 Å². The van der Waals surface area contributed by atoms with Gasteiger partial charge in [-0.15, -0.1) is 11.3 Å². The van der Waals surface area contributed by atoms with Crippen LogP contribution in [0.2, 0.25) is 0 Å². The number of rotatable bonds is 4. The van der Waals surface area contributed by atoms with Gasteiger partial charge in [0, 0.05) is 35.2 Å². The molecule has 1 atom stereocenters. The molecule has 0 fully saturated rings. The molecular weight excluding hydrogens is 276 g/mol. The Morgan fingerprint density at radius 3 is 3.16 bits per heavy atom. The fraction of sp³-hybridized carbons (Fsp3) is 0.462. The first-order valence-corrected chi connectivity index (χ1v) is 8.37. The number of hydrogen-bond acceptors (Lipinski definition) is 5. The summed E-state index contributed by atoms with van der Waals surface area (Å²) in [4.78, 5) is 2.87. The van der Waals surface area contributed by atoms with Crippen molar-refractivity contribution in [3.05, 3.63) is 39.3 Å². The highest BCUT2D eigenvalue weighted by Crippen LogP contribution is 2.35. The molecule has 0 bridgehead atoms. The number of hydrazine groups is 1. The Kier molecular flexibility index (Phi) is 3.93. The molecule has 0 amide bonds. The van der Waals surface area contributed by atoms with E-state index in [9.17, 15) is 0 Å². The SMILES string of the molecule is Cn1ccc(CC(NN)c2cc3c(s2)CCSC3)n1. The predicted molar refractivity (Wildman–Crippen MR) is 81.2 cm³/mol. The van der Waals surface area contributed by atoms with Crippen molar-refractivity contribution in [2.24, 2.45) is 12.9 Å². The van der Waals surface area contributed by atoms with E-state index in [0.29, 0.717) is 0 Å². The van der Waals surface area contributed by atoms with Crippen molar-refractivity contribution in [3.63, 3.8) is 0 Å². The van der Waals surface area contributed by atoms with Crippen LogP contribution >= 0.6 is 23.1 Å². The van der Waals surface area contributed by atoms with Gasteiger partial charge in [0.15, 0.2) is 0 Å². The second kappa shape index (κ2) is 5.66. The van der Waals surface area contributed by atoms with Crippen LogP contribution in [0.3, 0.4) is 0 Å². The van der Waals surface area contributed by atoms with E-state index in [1.54, 1.807) is 0 Å². The largest absolute Gasteiger partial charge is 0.276 e. The first-order valence-electron chi connectivity index (χ1n) is 6.40. The van der Waals surface area contributed by atoms with E-state index in [1.807, 2.05) is 47.1 Å². The van der Waals surface area contributed by atoms with E-state index < -0.39 is 0 Å². The Hall–Kier alpha value is -0.820. The van der Waals surface area contributed by atoms with Crippen LogP contribution in [0, 0.1) is 0 Å². The van der Waals surface area contributed by atoms with Crippen molar-refractivity contribution in [2.75, 3.05) is 5.75 Å². The minimum Gasteiger partial charge on any atom is -0.276 e. The van der Waals surface area contributed by atoms with Crippen molar-refractivity contribution >= 4 is 23.1 Å². The number of nitrogens with two attached hydrogens (primary N) is 1. The summed E-state index contributed by atoms with van der Waals surface area (Å²) in [7, 11) is 1.94. The van der Waals surface area contributed by atoms with Gasteiger partial charge >= 0.3 is 0 Å². The van der Waals surface area contributed by atoms with Gasteiger partial charge in [0.05, 0.1) is 11.7 Å². The standard InChI is InChI=1S/C13H18N4S2/c1-17-4-2-10(16-17)7-11(15-14)13-6-9-8-18-5-3-12(9)19-13/h2,4,6,11,15H,3,5,7-8,14H2,1H3. The molecule has 1 aliphatic heterocycles. The number of thioether (sulfide) groups is 1. The Morgan fingerprint density at radius 1 is 1.58 bits per heavy atom. The lowest BCUT2D eigenvalue weighted by atomic mass is 10.1. The van der Waals surface area contributed by atoms with Crippen molar-refractivity contribution in [3.8, 4) is 0 Å². The van der Waals surface area contributed by atoms with Crippen LogP contribution in [0.25, 0.3) is 0 Å². The molecule has 3 N–H and O–H groups in total. The molecule has 3 rings (SSSR count). The van der Waals surface area contributed by atoms with Gasteiger partial charge in [-0.3, -0.25) is 16.0 Å². The number of aryl methyl sites for hydroxylation is 2. The van der Waals surface area contributed by atoms with Gasteiger partial charge < -0.3 is 0 Å². The van der Waals surface area contributed by atoms with E-state index in [0.717, 1.165) is 17.9 Å². The number of nitrogens with zero attached hydrogens (tertiary/aromatic N) is 2. The summed E-state index contributed by atoms with van der Waals surface area (Å²) in [5.41, 5.74) is 5.51. The van der Waals surface area contributed by atoms with Gasteiger partial charge in [0.1, 0.15) is 0 Å². The Morgan fingerprint density at radius 2 is 2.47 bits per heavy atom. The Labute approximate surface area is 121 Å². The van der Waals surface area contributed by atoms with Crippen molar-refractivity contribution in [1.29, 1.82) is 0 Å². The van der Waals surface area contributed by atoms with Crippen LogP contribution in [-0.2, 0) is 25.6 Å². The molecule has 0 aliphatic carbocycles. The Bertz CT molecular complexity index is 537. The van der Waals surface area contributed by atoms with Gasteiger partial charge in [0.25, 0.3) is 0 Å². The van der Waals surface area contributed by atoms with Crippen LogP contribution < -0.4 is 11.3 Å². The molecule has 0 radical (unpaired) electrons. The first kappa shape index (κ1) is 13.2. The number of nitrogens with one attached hydrogen (secondary N) is 1. The Balaban J connectivity index is 1.79. The molecule has 1 unspecified atom stereocenters. The maximum atomic E-state index is 5.73.